The van der Waals surface area contributed by atoms with Crippen molar-refractivity contribution in [2.75, 3.05) is 9.80 Å². The van der Waals surface area contributed by atoms with Gasteiger partial charge in [-0.3, -0.25) is 0 Å². The van der Waals surface area contributed by atoms with E-state index >= 15 is 0 Å². The molecule has 3 heteroatoms. The largest absolute Gasteiger partial charge is 0.311 e. The first kappa shape index (κ1) is 29.7. The van der Waals surface area contributed by atoms with E-state index in [4.69, 9.17) is 0 Å². The van der Waals surface area contributed by atoms with Crippen molar-refractivity contribution in [3.8, 4) is 0 Å². The Labute approximate surface area is 293 Å². The molecule has 2 aliphatic heterocycles. The van der Waals surface area contributed by atoms with Gasteiger partial charge < -0.3 is 9.80 Å². The standard InChI is InChI=1S/C46H47BN2/c1-45(2)26-24-31-20-22-36-43(40(31)45)48(34-16-10-6-11-17-34)38-28-33(30-14-8-5-9-15-30)29-39-42(38)47(36)37-23-21-32-25-27-46(3,4)41(32)44(37)49(39)35-18-12-7-13-19-35/h6-7,10-13,16-23,28-30H,5,8-9,14-15,24-27H2,1-4H3. The summed E-state index contributed by atoms with van der Waals surface area (Å²) >= 11 is 0. The van der Waals surface area contributed by atoms with Gasteiger partial charge in [0.05, 0.1) is 0 Å². The Morgan fingerprint density at radius 2 is 1.04 bits per heavy atom. The van der Waals surface area contributed by atoms with E-state index in [0.717, 1.165) is 12.8 Å². The number of benzene rings is 5. The number of aryl methyl sites for hydroxylation is 2. The molecule has 0 amide bonds. The van der Waals surface area contributed by atoms with Gasteiger partial charge in [-0.05, 0) is 136 Å². The third-order valence-corrected chi connectivity index (χ3v) is 13.1. The van der Waals surface area contributed by atoms with Gasteiger partial charge in [-0.1, -0.05) is 108 Å². The maximum atomic E-state index is 2.70. The van der Waals surface area contributed by atoms with Gasteiger partial charge in [-0.15, -0.1) is 0 Å². The molecule has 5 aromatic carbocycles. The zero-order chi connectivity index (χ0) is 33.1. The molecule has 0 spiro atoms. The van der Waals surface area contributed by atoms with Crippen LogP contribution in [0.15, 0.2) is 97.1 Å². The van der Waals surface area contributed by atoms with Crippen LogP contribution in [0, 0.1) is 0 Å². The lowest BCUT2D eigenvalue weighted by molar-refractivity contribution is 0.444. The van der Waals surface area contributed by atoms with Gasteiger partial charge in [0.25, 0.3) is 6.71 Å². The van der Waals surface area contributed by atoms with E-state index in [1.54, 1.807) is 11.1 Å². The Bertz CT molecular complexity index is 1980. The Morgan fingerprint density at radius 3 is 1.51 bits per heavy atom. The van der Waals surface area contributed by atoms with Crippen molar-refractivity contribution in [1.82, 2.24) is 0 Å². The summed E-state index contributed by atoms with van der Waals surface area (Å²) in [4.78, 5) is 5.41. The summed E-state index contributed by atoms with van der Waals surface area (Å²) in [5.41, 5.74) is 20.6. The Hall–Kier alpha value is -4.24. The second-order valence-corrected chi connectivity index (χ2v) is 16.9. The molecule has 0 saturated heterocycles. The molecule has 1 fully saturated rings. The van der Waals surface area contributed by atoms with Crippen LogP contribution in [-0.4, -0.2) is 6.71 Å². The van der Waals surface area contributed by atoms with Crippen LogP contribution in [0.5, 0.6) is 0 Å². The molecule has 1 saturated carbocycles. The van der Waals surface area contributed by atoms with Crippen LogP contribution in [0.4, 0.5) is 34.1 Å². The molecule has 0 aromatic heterocycles. The van der Waals surface area contributed by atoms with Crippen molar-refractivity contribution < 1.29 is 0 Å². The molecule has 10 rings (SSSR count). The topological polar surface area (TPSA) is 6.48 Å². The molecule has 0 unspecified atom stereocenters. The number of hydrogen-bond donors (Lipinski definition) is 0. The Morgan fingerprint density at radius 1 is 0.571 bits per heavy atom. The van der Waals surface area contributed by atoms with Crippen LogP contribution in [-0.2, 0) is 23.7 Å². The van der Waals surface area contributed by atoms with E-state index in [-0.39, 0.29) is 17.5 Å². The first-order valence-electron chi connectivity index (χ1n) is 19.0. The van der Waals surface area contributed by atoms with Crippen LogP contribution >= 0.6 is 0 Å². The minimum absolute atomic E-state index is 0.114. The summed E-state index contributed by atoms with van der Waals surface area (Å²) < 4.78 is 0. The van der Waals surface area contributed by atoms with Gasteiger partial charge in [0.15, 0.2) is 0 Å². The van der Waals surface area contributed by atoms with E-state index in [2.05, 4.69) is 135 Å². The molecule has 5 aliphatic rings. The summed E-state index contributed by atoms with van der Waals surface area (Å²) in [5, 5.41) is 0. The predicted octanol–water partition coefficient (Wildman–Crippen LogP) is 10.3. The third kappa shape index (κ3) is 4.27. The van der Waals surface area contributed by atoms with E-state index in [9.17, 15) is 0 Å². The molecule has 3 aliphatic carbocycles. The number of fused-ring (bicyclic) bond motifs is 8. The summed E-state index contributed by atoms with van der Waals surface area (Å²) in [6.45, 7) is 10.1. The summed E-state index contributed by atoms with van der Waals surface area (Å²) in [6.07, 6.45) is 11.3. The monoisotopic (exact) mass is 638 g/mol. The van der Waals surface area contributed by atoms with Crippen molar-refractivity contribution >= 4 is 57.2 Å². The molecule has 0 bridgehead atoms. The van der Waals surface area contributed by atoms with Gasteiger partial charge in [0.1, 0.15) is 0 Å². The van der Waals surface area contributed by atoms with Crippen molar-refractivity contribution in [2.45, 2.75) is 102 Å². The SMILES string of the molecule is CC1(C)CCc2ccc3c(c21)N(c1ccccc1)c1cc(C2CCCCC2)cc2c1B3c1ccc3c(c1N2c1ccccc1)C(C)(C)CC3. The van der Waals surface area contributed by atoms with Crippen LogP contribution in [0.25, 0.3) is 0 Å². The second kappa shape index (κ2) is 10.6. The van der Waals surface area contributed by atoms with Crippen molar-refractivity contribution in [1.29, 1.82) is 0 Å². The van der Waals surface area contributed by atoms with E-state index in [0.29, 0.717) is 5.92 Å². The zero-order valence-electron chi connectivity index (χ0n) is 29.7. The van der Waals surface area contributed by atoms with Crippen molar-refractivity contribution in [3.63, 3.8) is 0 Å². The average molecular weight is 639 g/mol. The maximum absolute atomic E-state index is 2.70. The minimum atomic E-state index is 0.114. The average Bonchev–Trinajstić information content (AvgIpc) is 3.62. The molecule has 5 aromatic rings. The molecule has 244 valence electrons. The van der Waals surface area contributed by atoms with Crippen molar-refractivity contribution in [3.05, 3.63) is 125 Å². The Kier molecular flexibility index (Phi) is 6.44. The normalized spacial score (nSPS) is 19.6. The molecule has 0 atom stereocenters. The van der Waals surface area contributed by atoms with Gasteiger partial charge in [0.2, 0.25) is 0 Å². The zero-order valence-corrected chi connectivity index (χ0v) is 29.7. The van der Waals surface area contributed by atoms with Gasteiger partial charge in [0, 0.05) is 34.1 Å². The molecule has 2 heterocycles. The number of anilines is 6. The third-order valence-electron chi connectivity index (χ3n) is 13.1. The highest BCUT2D eigenvalue weighted by molar-refractivity contribution is 7.00. The highest BCUT2D eigenvalue weighted by Gasteiger charge is 2.49. The number of para-hydroxylation sites is 2. The van der Waals surface area contributed by atoms with Crippen molar-refractivity contribution in [2.24, 2.45) is 0 Å². The highest BCUT2D eigenvalue weighted by atomic mass is 15.2. The van der Waals surface area contributed by atoms with E-state index in [1.165, 1.54) is 112 Å². The van der Waals surface area contributed by atoms with E-state index in [1.807, 2.05) is 0 Å². The minimum Gasteiger partial charge on any atom is -0.311 e. The summed E-state index contributed by atoms with van der Waals surface area (Å²) in [6, 6.07) is 37.9. The molecular formula is C46H47BN2. The lowest BCUT2D eigenvalue weighted by Crippen LogP contribution is -2.62. The fourth-order valence-electron chi connectivity index (χ4n) is 10.7. The van der Waals surface area contributed by atoms with Crippen LogP contribution < -0.4 is 26.2 Å². The number of rotatable bonds is 3. The fraction of sp³-hybridized carbons (Fsp3) is 0.348. The first-order valence-corrected chi connectivity index (χ1v) is 19.0. The highest BCUT2D eigenvalue weighted by Crippen LogP contribution is 2.54. The first-order chi connectivity index (χ1) is 23.8. The number of hydrogen-bond acceptors (Lipinski definition) is 2. The maximum Gasteiger partial charge on any atom is 0.252 e. The molecule has 49 heavy (non-hydrogen) atoms. The lowest BCUT2D eigenvalue weighted by Gasteiger charge is -2.47. The molecule has 0 N–H and O–H groups in total. The molecule has 2 nitrogen and oxygen atoms in total. The lowest BCUT2D eigenvalue weighted by atomic mass is 9.33. The summed E-state index contributed by atoms with van der Waals surface area (Å²) in [5.74, 6) is 0.600. The second-order valence-electron chi connectivity index (χ2n) is 16.9. The molecule has 0 radical (unpaired) electrons. The van der Waals surface area contributed by atoms with Crippen LogP contribution in [0.3, 0.4) is 0 Å². The number of nitrogens with zero attached hydrogens (tertiary/aromatic N) is 2. The van der Waals surface area contributed by atoms with E-state index < -0.39 is 0 Å². The van der Waals surface area contributed by atoms with Gasteiger partial charge >= 0.3 is 0 Å². The van der Waals surface area contributed by atoms with Crippen LogP contribution in [0.1, 0.15) is 106 Å². The summed E-state index contributed by atoms with van der Waals surface area (Å²) in [7, 11) is 0. The van der Waals surface area contributed by atoms with Gasteiger partial charge in [-0.2, -0.15) is 0 Å². The van der Waals surface area contributed by atoms with Gasteiger partial charge in [-0.25, -0.2) is 0 Å². The Balaban J connectivity index is 1.37. The van der Waals surface area contributed by atoms with Crippen LogP contribution in [0.2, 0.25) is 0 Å². The quantitative estimate of drug-likeness (QED) is 0.178. The smallest absolute Gasteiger partial charge is 0.252 e. The fourth-order valence-corrected chi connectivity index (χ4v) is 10.7. The predicted molar refractivity (Wildman–Crippen MR) is 209 cm³/mol. The molecular weight excluding hydrogens is 591 g/mol.